The third-order valence-corrected chi connectivity index (χ3v) is 8.64. The summed E-state index contributed by atoms with van der Waals surface area (Å²) in [5, 5.41) is 3.03. The summed E-state index contributed by atoms with van der Waals surface area (Å²) in [5.74, 6) is -0.392. The van der Waals surface area contributed by atoms with Crippen LogP contribution in [0.3, 0.4) is 0 Å². The lowest BCUT2D eigenvalue weighted by Gasteiger charge is -2.32. The minimum absolute atomic E-state index is 0.0464. The number of hydrogen-bond acceptors (Lipinski definition) is 4. The number of benzene rings is 2. The fraction of sp³-hybridized carbons (Fsp3) is 0.381. The molecule has 160 valence electrons. The van der Waals surface area contributed by atoms with E-state index in [9.17, 15) is 22.0 Å². The number of hydrogen-bond donors (Lipinski definition) is 1. The molecule has 1 amide bonds. The molecule has 30 heavy (non-hydrogen) atoms. The number of carbonyl (C=O) groups is 1. The summed E-state index contributed by atoms with van der Waals surface area (Å²) >= 11 is 1.65. The Hall–Kier alpha value is -1.97. The lowest BCUT2D eigenvalue weighted by atomic mass is 9.95. The topological polar surface area (TPSA) is 66.5 Å². The number of nitrogens with zero attached hydrogens (tertiary/aromatic N) is 1. The number of nitrogens with one attached hydrogen (secondary N) is 1. The number of carbonyl (C=O) groups excluding carboxylic acids is 1. The van der Waals surface area contributed by atoms with Gasteiger partial charge in [-0.05, 0) is 67.3 Å². The van der Waals surface area contributed by atoms with Gasteiger partial charge in [-0.25, -0.2) is 17.2 Å². The summed E-state index contributed by atoms with van der Waals surface area (Å²) in [6, 6.07) is 9.16. The van der Waals surface area contributed by atoms with Crippen LogP contribution in [0.5, 0.6) is 0 Å². The first-order valence-corrected chi connectivity index (χ1v) is 12.3. The Bertz CT molecular complexity index is 1040. The maximum Gasteiger partial charge on any atom is 0.243 e. The van der Waals surface area contributed by atoms with Crippen molar-refractivity contribution < 1.29 is 22.0 Å². The van der Waals surface area contributed by atoms with Crippen LogP contribution in [-0.4, -0.2) is 37.5 Å². The summed E-state index contributed by atoms with van der Waals surface area (Å²) in [5.41, 5.74) is 0.802. The molecule has 0 aromatic heterocycles. The summed E-state index contributed by atoms with van der Waals surface area (Å²) in [4.78, 5) is 13.8. The Labute approximate surface area is 178 Å². The molecule has 0 saturated carbocycles. The summed E-state index contributed by atoms with van der Waals surface area (Å²) in [6.07, 6.45) is 1.54. The lowest BCUT2D eigenvalue weighted by Crippen LogP contribution is -2.44. The van der Waals surface area contributed by atoms with E-state index in [0.717, 1.165) is 34.8 Å². The Balaban J connectivity index is 1.38. The second-order valence-electron chi connectivity index (χ2n) is 7.51. The van der Waals surface area contributed by atoms with Crippen LogP contribution in [0.15, 0.2) is 52.3 Å². The van der Waals surface area contributed by atoms with Gasteiger partial charge in [-0.15, -0.1) is 11.8 Å². The van der Waals surface area contributed by atoms with Gasteiger partial charge in [0.1, 0.15) is 11.6 Å². The Kier molecular flexibility index (Phi) is 6.13. The molecule has 1 atom stereocenters. The van der Waals surface area contributed by atoms with Crippen molar-refractivity contribution in [2.75, 3.05) is 18.8 Å². The normalized spacial score (nSPS) is 20.5. The predicted molar refractivity (Wildman–Crippen MR) is 111 cm³/mol. The van der Waals surface area contributed by atoms with Crippen LogP contribution in [0.4, 0.5) is 8.78 Å². The average Bonchev–Trinajstić information content (AvgIpc) is 2.74. The van der Waals surface area contributed by atoms with Crippen molar-refractivity contribution in [3.8, 4) is 0 Å². The van der Waals surface area contributed by atoms with E-state index in [4.69, 9.17) is 0 Å². The Morgan fingerprint density at radius 1 is 1.00 bits per heavy atom. The molecule has 1 unspecified atom stereocenters. The second-order valence-corrected chi connectivity index (χ2v) is 10.6. The van der Waals surface area contributed by atoms with Gasteiger partial charge < -0.3 is 5.32 Å². The van der Waals surface area contributed by atoms with Gasteiger partial charge in [0.2, 0.25) is 15.9 Å². The van der Waals surface area contributed by atoms with Gasteiger partial charge in [0.05, 0.1) is 10.9 Å². The first-order valence-electron chi connectivity index (χ1n) is 9.83. The van der Waals surface area contributed by atoms with Crippen LogP contribution in [0.1, 0.15) is 30.9 Å². The molecule has 0 aliphatic carbocycles. The monoisotopic (exact) mass is 452 g/mol. The minimum atomic E-state index is -3.71. The quantitative estimate of drug-likeness (QED) is 0.768. The molecule has 1 saturated heterocycles. The van der Waals surface area contributed by atoms with Crippen molar-refractivity contribution in [3.63, 3.8) is 0 Å². The van der Waals surface area contributed by atoms with Gasteiger partial charge in [-0.1, -0.05) is 0 Å². The summed E-state index contributed by atoms with van der Waals surface area (Å²) < 4.78 is 53.6. The molecule has 1 N–H and O–H groups in total. The molecule has 1 fully saturated rings. The van der Waals surface area contributed by atoms with Gasteiger partial charge in [-0.3, -0.25) is 4.79 Å². The average molecular weight is 453 g/mol. The molecule has 2 aliphatic heterocycles. The molecule has 0 radical (unpaired) electrons. The number of sulfonamides is 1. The van der Waals surface area contributed by atoms with Gasteiger partial charge in [0, 0.05) is 29.7 Å². The zero-order chi connectivity index (χ0) is 21.3. The van der Waals surface area contributed by atoms with Crippen molar-refractivity contribution in [2.24, 2.45) is 5.92 Å². The van der Waals surface area contributed by atoms with E-state index in [1.807, 2.05) is 0 Å². The van der Waals surface area contributed by atoms with E-state index in [-0.39, 0.29) is 41.7 Å². The van der Waals surface area contributed by atoms with Crippen LogP contribution in [0.25, 0.3) is 0 Å². The fourth-order valence-corrected chi connectivity index (χ4v) is 6.49. The first-order chi connectivity index (χ1) is 14.3. The number of amides is 1. The lowest BCUT2D eigenvalue weighted by molar-refractivity contribution is -0.126. The highest BCUT2D eigenvalue weighted by Crippen LogP contribution is 2.37. The number of rotatable bonds is 4. The van der Waals surface area contributed by atoms with Crippen molar-refractivity contribution >= 4 is 27.7 Å². The molecule has 0 spiro atoms. The Morgan fingerprint density at radius 3 is 2.37 bits per heavy atom. The van der Waals surface area contributed by atoms with Gasteiger partial charge in [0.25, 0.3) is 0 Å². The molecule has 9 heteroatoms. The number of thioether (sulfide) groups is 1. The molecule has 0 bridgehead atoms. The molecule has 4 rings (SSSR count). The summed E-state index contributed by atoms with van der Waals surface area (Å²) in [7, 11) is -3.71. The van der Waals surface area contributed by atoms with Crippen LogP contribution in [0.2, 0.25) is 0 Å². The van der Waals surface area contributed by atoms with Crippen molar-refractivity contribution in [2.45, 2.75) is 35.1 Å². The fourth-order valence-electron chi connectivity index (χ4n) is 3.92. The highest BCUT2D eigenvalue weighted by atomic mass is 32.2. The molecule has 2 aromatic rings. The molecular formula is C21H22F2N2O3S2. The Morgan fingerprint density at radius 2 is 1.67 bits per heavy atom. The van der Waals surface area contributed by atoms with Gasteiger partial charge in [-0.2, -0.15) is 4.31 Å². The van der Waals surface area contributed by atoms with Crippen molar-refractivity contribution in [3.05, 3.63) is 59.7 Å². The number of piperidine rings is 1. The molecule has 2 heterocycles. The van der Waals surface area contributed by atoms with Crippen LogP contribution >= 0.6 is 11.8 Å². The molecule has 5 nitrogen and oxygen atoms in total. The van der Waals surface area contributed by atoms with Crippen LogP contribution in [-0.2, 0) is 14.8 Å². The molecular weight excluding hydrogens is 430 g/mol. The zero-order valence-electron chi connectivity index (χ0n) is 16.2. The minimum Gasteiger partial charge on any atom is -0.349 e. The van der Waals surface area contributed by atoms with E-state index in [1.165, 1.54) is 28.6 Å². The van der Waals surface area contributed by atoms with Crippen molar-refractivity contribution in [1.29, 1.82) is 0 Å². The SMILES string of the molecule is O=C(NC1CCSc2ccc(F)cc21)C1CCN(S(=O)(=O)c2ccc(F)cc2)CC1. The summed E-state index contributed by atoms with van der Waals surface area (Å²) in [6.45, 7) is 0.451. The zero-order valence-corrected chi connectivity index (χ0v) is 17.8. The van der Waals surface area contributed by atoms with E-state index in [0.29, 0.717) is 12.8 Å². The largest absolute Gasteiger partial charge is 0.349 e. The van der Waals surface area contributed by atoms with Crippen LogP contribution in [0, 0.1) is 17.6 Å². The standard InChI is InChI=1S/C21H22F2N2O3S2/c22-15-1-4-17(5-2-15)30(27,28)25-10-7-14(8-11-25)21(26)24-19-9-12-29-20-6-3-16(23)13-18(19)20/h1-6,13-14,19H,7-12H2,(H,24,26). The van der Waals surface area contributed by atoms with Crippen molar-refractivity contribution in [1.82, 2.24) is 9.62 Å². The number of fused-ring (bicyclic) bond motifs is 1. The van der Waals surface area contributed by atoms with E-state index < -0.39 is 15.8 Å². The molecule has 2 aliphatic rings. The van der Waals surface area contributed by atoms with Crippen LogP contribution < -0.4 is 5.32 Å². The van der Waals surface area contributed by atoms with E-state index >= 15 is 0 Å². The van der Waals surface area contributed by atoms with E-state index in [2.05, 4.69) is 5.32 Å². The highest BCUT2D eigenvalue weighted by molar-refractivity contribution is 7.99. The van der Waals surface area contributed by atoms with Gasteiger partial charge >= 0.3 is 0 Å². The van der Waals surface area contributed by atoms with Gasteiger partial charge in [0.15, 0.2) is 0 Å². The molecule has 2 aromatic carbocycles. The predicted octanol–water partition coefficient (Wildman–Crippen LogP) is 3.72. The smallest absolute Gasteiger partial charge is 0.243 e. The number of halogens is 2. The first kappa shape index (κ1) is 21.3. The second kappa shape index (κ2) is 8.64. The van der Waals surface area contributed by atoms with E-state index in [1.54, 1.807) is 17.8 Å². The third-order valence-electron chi connectivity index (χ3n) is 5.60. The maximum absolute atomic E-state index is 13.7. The third kappa shape index (κ3) is 4.38. The highest BCUT2D eigenvalue weighted by Gasteiger charge is 2.33. The maximum atomic E-state index is 13.7.